The molecule has 1 rings (SSSR count). The van der Waals surface area contributed by atoms with E-state index in [2.05, 4.69) is 18.0 Å². The summed E-state index contributed by atoms with van der Waals surface area (Å²) in [6.45, 7) is 6.57. The molecule has 3 heteroatoms. The summed E-state index contributed by atoms with van der Waals surface area (Å²) in [7, 11) is 0. The van der Waals surface area contributed by atoms with Gasteiger partial charge in [-0.25, -0.2) is 0 Å². The fraction of sp³-hybridized carbons (Fsp3) is 0.538. The van der Waals surface area contributed by atoms with E-state index in [1.807, 2.05) is 19.9 Å². The topological polar surface area (TPSA) is 45.9 Å². The van der Waals surface area contributed by atoms with Gasteiger partial charge in [0.2, 0.25) is 0 Å². The Morgan fingerprint density at radius 2 is 2.12 bits per heavy atom. The number of hydrogen-bond acceptors (Lipinski definition) is 3. The minimum atomic E-state index is 0.557. The first-order valence-corrected chi connectivity index (χ1v) is 5.70. The summed E-state index contributed by atoms with van der Waals surface area (Å²) in [5, 5.41) is 9.02. The first-order chi connectivity index (χ1) is 7.69. The van der Waals surface area contributed by atoms with Gasteiger partial charge in [-0.1, -0.05) is 19.8 Å². The van der Waals surface area contributed by atoms with E-state index < -0.39 is 0 Å². The van der Waals surface area contributed by atoms with Gasteiger partial charge in [-0.2, -0.15) is 5.26 Å². The van der Waals surface area contributed by atoms with Crippen LogP contribution in [0.15, 0.2) is 6.07 Å². The Labute approximate surface area is 97.1 Å². The Bertz CT molecular complexity index is 394. The number of aromatic nitrogens is 1. The number of unbranched alkanes of at least 4 members (excludes halogenated alkanes) is 2. The quantitative estimate of drug-likeness (QED) is 0.713. The van der Waals surface area contributed by atoms with Gasteiger partial charge in [0.05, 0.1) is 12.3 Å². The summed E-state index contributed by atoms with van der Waals surface area (Å²) in [5.74, 6) is 0.670. The van der Waals surface area contributed by atoms with E-state index in [0.29, 0.717) is 17.9 Å². The summed E-state index contributed by atoms with van der Waals surface area (Å²) < 4.78 is 5.63. The molecular formula is C13H18N2O. The third-order valence-corrected chi connectivity index (χ3v) is 2.41. The molecule has 1 heterocycles. The summed E-state index contributed by atoms with van der Waals surface area (Å²) in [6.07, 6.45) is 3.36. The molecule has 0 aliphatic rings. The molecule has 0 aliphatic heterocycles. The minimum absolute atomic E-state index is 0.557. The summed E-state index contributed by atoms with van der Waals surface area (Å²) in [4.78, 5) is 4.25. The van der Waals surface area contributed by atoms with Crippen LogP contribution in [0.2, 0.25) is 0 Å². The lowest BCUT2D eigenvalue weighted by Gasteiger charge is -2.09. The number of hydrogen-bond donors (Lipinski definition) is 0. The zero-order chi connectivity index (χ0) is 12.0. The van der Waals surface area contributed by atoms with E-state index in [-0.39, 0.29) is 0 Å². The van der Waals surface area contributed by atoms with Gasteiger partial charge < -0.3 is 4.74 Å². The van der Waals surface area contributed by atoms with Crippen LogP contribution < -0.4 is 4.74 Å². The van der Waals surface area contributed by atoms with E-state index in [9.17, 15) is 0 Å². The smallest absolute Gasteiger partial charge is 0.140 e. The van der Waals surface area contributed by atoms with E-state index in [1.54, 1.807) is 0 Å². The van der Waals surface area contributed by atoms with Crippen LogP contribution in [0.3, 0.4) is 0 Å². The van der Waals surface area contributed by atoms with Gasteiger partial charge >= 0.3 is 0 Å². The van der Waals surface area contributed by atoms with Crippen molar-refractivity contribution in [1.29, 1.82) is 5.26 Å². The molecule has 0 aliphatic carbocycles. The highest BCUT2D eigenvalue weighted by molar-refractivity contribution is 5.46. The van der Waals surface area contributed by atoms with E-state index in [4.69, 9.17) is 10.00 Å². The fourth-order valence-corrected chi connectivity index (χ4v) is 1.58. The van der Waals surface area contributed by atoms with Gasteiger partial charge in [-0.05, 0) is 20.3 Å². The van der Waals surface area contributed by atoms with Crippen LogP contribution in [-0.4, -0.2) is 11.6 Å². The third kappa shape index (κ3) is 3.23. The van der Waals surface area contributed by atoms with Crippen LogP contribution in [0, 0.1) is 25.2 Å². The van der Waals surface area contributed by atoms with Crippen molar-refractivity contribution in [3.8, 4) is 11.8 Å². The van der Waals surface area contributed by atoms with E-state index in [1.165, 1.54) is 6.42 Å². The second-order valence-corrected chi connectivity index (χ2v) is 3.89. The largest absolute Gasteiger partial charge is 0.492 e. The summed E-state index contributed by atoms with van der Waals surface area (Å²) in [6, 6.07) is 3.98. The molecule has 0 aromatic carbocycles. The number of ether oxygens (including phenoxy) is 1. The highest BCUT2D eigenvalue weighted by Gasteiger charge is 2.08. The van der Waals surface area contributed by atoms with Crippen molar-refractivity contribution in [2.24, 2.45) is 0 Å². The number of pyridine rings is 1. The molecule has 0 unspecified atom stereocenters. The van der Waals surface area contributed by atoms with Gasteiger partial charge in [-0.15, -0.1) is 0 Å². The molecule has 0 bridgehead atoms. The maximum atomic E-state index is 9.02. The average Bonchev–Trinajstić information content (AvgIpc) is 2.24. The standard InChI is InChI=1S/C13H18N2O/c1-4-5-6-7-16-13-8-10(2)15-11(3)12(13)9-14/h8H,4-7H2,1-3H3. The van der Waals surface area contributed by atoms with Crippen LogP contribution in [0.5, 0.6) is 5.75 Å². The summed E-state index contributed by atoms with van der Waals surface area (Å²) >= 11 is 0. The molecule has 0 spiro atoms. The van der Waals surface area contributed by atoms with Gasteiger partial charge in [-0.3, -0.25) is 4.98 Å². The van der Waals surface area contributed by atoms with Gasteiger partial charge in [0.15, 0.2) is 0 Å². The Morgan fingerprint density at radius 3 is 2.75 bits per heavy atom. The van der Waals surface area contributed by atoms with Crippen LogP contribution in [0.25, 0.3) is 0 Å². The lowest BCUT2D eigenvalue weighted by molar-refractivity contribution is 0.304. The zero-order valence-corrected chi connectivity index (χ0v) is 10.2. The first kappa shape index (κ1) is 12.5. The maximum absolute atomic E-state index is 9.02. The summed E-state index contributed by atoms with van der Waals surface area (Å²) in [5.41, 5.74) is 2.19. The molecule has 1 aromatic heterocycles. The average molecular weight is 218 g/mol. The fourth-order valence-electron chi connectivity index (χ4n) is 1.58. The third-order valence-electron chi connectivity index (χ3n) is 2.41. The molecule has 0 radical (unpaired) electrons. The Hall–Kier alpha value is -1.56. The minimum Gasteiger partial charge on any atom is -0.492 e. The predicted octanol–water partition coefficient (Wildman–Crippen LogP) is 3.14. The van der Waals surface area contributed by atoms with Gasteiger partial charge in [0.1, 0.15) is 17.4 Å². The number of nitriles is 1. The SMILES string of the molecule is CCCCCOc1cc(C)nc(C)c1C#N. The highest BCUT2D eigenvalue weighted by Crippen LogP contribution is 2.21. The molecule has 86 valence electrons. The molecular weight excluding hydrogens is 200 g/mol. The molecule has 1 aromatic rings. The van der Waals surface area contributed by atoms with Crippen molar-refractivity contribution in [3.63, 3.8) is 0 Å². The number of rotatable bonds is 5. The maximum Gasteiger partial charge on any atom is 0.140 e. The van der Waals surface area contributed by atoms with Gasteiger partial charge in [0.25, 0.3) is 0 Å². The Morgan fingerprint density at radius 1 is 1.38 bits per heavy atom. The molecule has 16 heavy (non-hydrogen) atoms. The zero-order valence-electron chi connectivity index (χ0n) is 10.2. The van der Waals surface area contributed by atoms with Crippen LogP contribution in [0.4, 0.5) is 0 Å². The van der Waals surface area contributed by atoms with Crippen molar-refractivity contribution in [3.05, 3.63) is 23.0 Å². The van der Waals surface area contributed by atoms with Crippen LogP contribution in [-0.2, 0) is 0 Å². The molecule has 0 atom stereocenters. The normalized spacial score (nSPS) is 9.88. The molecule has 0 fully saturated rings. The lowest BCUT2D eigenvalue weighted by Crippen LogP contribution is -2.02. The van der Waals surface area contributed by atoms with E-state index in [0.717, 1.165) is 24.2 Å². The van der Waals surface area contributed by atoms with Crippen molar-refractivity contribution in [2.45, 2.75) is 40.0 Å². The number of nitrogens with zero attached hydrogens (tertiary/aromatic N) is 2. The van der Waals surface area contributed by atoms with Crippen LogP contribution in [0.1, 0.15) is 43.1 Å². The van der Waals surface area contributed by atoms with Crippen molar-refractivity contribution in [2.75, 3.05) is 6.61 Å². The van der Waals surface area contributed by atoms with E-state index >= 15 is 0 Å². The molecule has 0 amide bonds. The Balaban J connectivity index is 2.75. The first-order valence-electron chi connectivity index (χ1n) is 5.70. The Kier molecular flexibility index (Phi) is 4.78. The second-order valence-electron chi connectivity index (χ2n) is 3.89. The van der Waals surface area contributed by atoms with Crippen LogP contribution >= 0.6 is 0 Å². The molecule has 0 saturated heterocycles. The molecule has 3 nitrogen and oxygen atoms in total. The second kappa shape index (κ2) is 6.12. The molecule has 0 N–H and O–H groups in total. The van der Waals surface area contributed by atoms with Crippen molar-refractivity contribution < 1.29 is 4.74 Å². The van der Waals surface area contributed by atoms with Gasteiger partial charge in [0, 0.05) is 11.8 Å². The monoisotopic (exact) mass is 218 g/mol. The van der Waals surface area contributed by atoms with Crippen molar-refractivity contribution in [1.82, 2.24) is 4.98 Å². The highest BCUT2D eigenvalue weighted by atomic mass is 16.5. The predicted molar refractivity (Wildman–Crippen MR) is 63.4 cm³/mol. The lowest BCUT2D eigenvalue weighted by atomic mass is 10.2. The number of aryl methyl sites for hydroxylation is 2. The van der Waals surface area contributed by atoms with Crippen molar-refractivity contribution >= 4 is 0 Å². The molecule has 0 saturated carbocycles.